The summed E-state index contributed by atoms with van der Waals surface area (Å²) in [6.07, 6.45) is 7.38. The minimum atomic E-state index is 0.0418. The normalized spacial score (nSPS) is 23.6. The zero-order valence-corrected chi connectivity index (χ0v) is 14.0. The summed E-state index contributed by atoms with van der Waals surface area (Å²) in [4.78, 5) is 18.3. The fourth-order valence-corrected chi connectivity index (χ4v) is 4.11. The molecule has 112 valence electrons. The number of hydrogen-bond donors (Lipinski definition) is 1. The molecule has 0 bridgehead atoms. The van der Waals surface area contributed by atoms with E-state index < -0.39 is 0 Å². The van der Waals surface area contributed by atoms with Crippen LogP contribution in [0, 0.1) is 0 Å². The van der Waals surface area contributed by atoms with Gasteiger partial charge in [0.15, 0.2) is 0 Å². The fraction of sp³-hybridized carbons (Fsp3) is 0.714. The molecule has 0 saturated heterocycles. The quantitative estimate of drug-likeness (QED) is 0.908. The Morgan fingerprint density at radius 3 is 3.05 bits per heavy atom. The van der Waals surface area contributed by atoms with Gasteiger partial charge < -0.3 is 10.2 Å². The van der Waals surface area contributed by atoms with E-state index in [1.165, 1.54) is 6.42 Å². The molecular weight excluding hydrogens is 290 g/mol. The van der Waals surface area contributed by atoms with E-state index in [0.29, 0.717) is 17.8 Å². The van der Waals surface area contributed by atoms with Gasteiger partial charge in [-0.1, -0.05) is 6.92 Å². The van der Waals surface area contributed by atoms with Gasteiger partial charge in [-0.3, -0.25) is 0 Å². The molecule has 1 aliphatic carbocycles. The number of likely N-dealkylation sites (N-methyl/N-ethyl adjacent to an activating group) is 1. The summed E-state index contributed by atoms with van der Waals surface area (Å²) in [5.74, 6) is 0.285. The first kappa shape index (κ1) is 15.6. The smallest absolute Gasteiger partial charge is 0.317 e. The number of amides is 2. The number of carbonyl (C=O) groups excluding carboxylic acids is 1. The Hall–Kier alpha value is -0.750. The van der Waals surface area contributed by atoms with Crippen molar-refractivity contribution in [3.63, 3.8) is 0 Å². The lowest BCUT2D eigenvalue weighted by Gasteiger charge is -2.23. The van der Waals surface area contributed by atoms with Crippen LogP contribution in [0.5, 0.6) is 0 Å². The largest absolute Gasteiger partial charge is 0.335 e. The highest BCUT2D eigenvalue weighted by Gasteiger charge is 2.26. The Balaban J connectivity index is 1.77. The van der Waals surface area contributed by atoms with Gasteiger partial charge in [-0.2, -0.15) is 11.8 Å². The fourth-order valence-electron chi connectivity index (χ4n) is 2.62. The van der Waals surface area contributed by atoms with Gasteiger partial charge in [0.25, 0.3) is 0 Å². The highest BCUT2D eigenvalue weighted by atomic mass is 32.2. The van der Waals surface area contributed by atoms with Gasteiger partial charge in [-0.15, -0.1) is 11.3 Å². The number of carbonyl (C=O) groups is 1. The molecule has 1 saturated carbocycles. The third-order valence-corrected chi connectivity index (χ3v) is 5.91. The molecular formula is C14H23N3OS2. The summed E-state index contributed by atoms with van der Waals surface area (Å²) in [5, 5.41) is 6.93. The van der Waals surface area contributed by atoms with Crippen molar-refractivity contribution >= 4 is 29.1 Å². The number of urea groups is 1. The first-order chi connectivity index (χ1) is 9.60. The average Bonchev–Trinajstić information content (AvgIpc) is 3.09. The molecule has 1 aliphatic rings. The van der Waals surface area contributed by atoms with Crippen LogP contribution in [0.25, 0.3) is 0 Å². The summed E-state index contributed by atoms with van der Waals surface area (Å²) in [7, 11) is 1.86. The molecule has 1 N–H and O–H groups in total. The maximum Gasteiger partial charge on any atom is 0.317 e. The maximum absolute atomic E-state index is 12.2. The summed E-state index contributed by atoms with van der Waals surface area (Å²) in [5.41, 5.74) is 0. The van der Waals surface area contributed by atoms with Crippen LogP contribution in [0.1, 0.15) is 37.1 Å². The van der Waals surface area contributed by atoms with Gasteiger partial charge in [-0.05, 0) is 25.5 Å². The first-order valence-electron chi connectivity index (χ1n) is 7.04. The van der Waals surface area contributed by atoms with Crippen LogP contribution in [0.3, 0.4) is 0 Å². The summed E-state index contributed by atoms with van der Waals surface area (Å²) >= 11 is 3.56. The van der Waals surface area contributed by atoms with Crippen molar-refractivity contribution in [3.8, 4) is 0 Å². The highest BCUT2D eigenvalue weighted by Crippen LogP contribution is 2.28. The Kier molecular flexibility index (Phi) is 5.72. The van der Waals surface area contributed by atoms with Crippen LogP contribution < -0.4 is 5.32 Å². The molecule has 2 amide bonds. The minimum Gasteiger partial charge on any atom is -0.335 e. The number of aromatic nitrogens is 1. The van der Waals surface area contributed by atoms with Crippen LogP contribution in [-0.2, 0) is 0 Å². The van der Waals surface area contributed by atoms with E-state index in [4.69, 9.17) is 0 Å². The highest BCUT2D eigenvalue weighted by molar-refractivity contribution is 7.99. The van der Waals surface area contributed by atoms with Crippen LogP contribution in [0.15, 0.2) is 11.6 Å². The molecule has 1 heterocycles. The molecule has 1 fully saturated rings. The Morgan fingerprint density at radius 2 is 2.45 bits per heavy atom. The number of thioether (sulfide) groups is 1. The van der Waals surface area contributed by atoms with Crippen molar-refractivity contribution in [2.45, 2.75) is 43.4 Å². The minimum absolute atomic E-state index is 0.0418. The second-order valence-electron chi connectivity index (χ2n) is 5.47. The van der Waals surface area contributed by atoms with Gasteiger partial charge >= 0.3 is 6.03 Å². The van der Waals surface area contributed by atoms with Crippen LogP contribution in [0.2, 0.25) is 0 Å². The number of nitrogens with one attached hydrogen (secondary N) is 1. The average molecular weight is 313 g/mol. The van der Waals surface area contributed by atoms with E-state index >= 15 is 0 Å². The molecule has 2 rings (SSSR count). The summed E-state index contributed by atoms with van der Waals surface area (Å²) in [6, 6.07) is 0.387. The van der Waals surface area contributed by atoms with E-state index in [1.54, 1.807) is 16.2 Å². The molecule has 4 nitrogen and oxygen atoms in total. The van der Waals surface area contributed by atoms with Crippen molar-refractivity contribution in [1.82, 2.24) is 15.2 Å². The lowest BCUT2D eigenvalue weighted by Crippen LogP contribution is -2.43. The van der Waals surface area contributed by atoms with Gasteiger partial charge in [0.2, 0.25) is 0 Å². The van der Waals surface area contributed by atoms with E-state index in [1.807, 2.05) is 30.4 Å². The Bertz CT molecular complexity index is 424. The molecule has 0 spiro atoms. The second-order valence-corrected chi connectivity index (χ2v) is 7.53. The molecule has 0 aromatic carbocycles. The van der Waals surface area contributed by atoms with Crippen molar-refractivity contribution < 1.29 is 4.79 Å². The lowest BCUT2D eigenvalue weighted by molar-refractivity contribution is 0.202. The monoisotopic (exact) mass is 313 g/mol. The predicted octanol–water partition coefficient (Wildman–Crippen LogP) is 3.17. The molecule has 20 heavy (non-hydrogen) atoms. The molecule has 6 heteroatoms. The number of nitrogens with zero attached hydrogens (tertiary/aromatic N) is 2. The standard InChI is InChI=1S/C14H23N3OS2/c1-10(13-15-6-7-20-13)9-17(2)14(18)16-11-4-5-12(8-11)19-3/h6-7,10-12H,4-5,8-9H2,1-3H3,(H,16,18). The summed E-state index contributed by atoms with van der Waals surface area (Å²) in [6.45, 7) is 2.82. The number of thiazole rings is 1. The zero-order chi connectivity index (χ0) is 14.5. The second kappa shape index (κ2) is 7.31. The Morgan fingerprint density at radius 1 is 1.65 bits per heavy atom. The van der Waals surface area contributed by atoms with E-state index in [0.717, 1.165) is 17.8 Å². The van der Waals surface area contributed by atoms with Gasteiger partial charge in [0.1, 0.15) is 0 Å². The zero-order valence-electron chi connectivity index (χ0n) is 12.3. The third kappa shape index (κ3) is 4.12. The van der Waals surface area contributed by atoms with E-state index in [2.05, 4.69) is 23.5 Å². The van der Waals surface area contributed by atoms with Crippen LogP contribution in [0.4, 0.5) is 4.79 Å². The van der Waals surface area contributed by atoms with Gasteiger partial charge in [-0.25, -0.2) is 9.78 Å². The topological polar surface area (TPSA) is 45.2 Å². The van der Waals surface area contributed by atoms with E-state index in [-0.39, 0.29) is 11.9 Å². The van der Waals surface area contributed by atoms with Crippen molar-refractivity contribution in [1.29, 1.82) is 0 Å². The predicted molar refractivity (Wildman–Crippen MR) is 86.6 cm³/mol. The van der Waals surface area contributed by atoms with Crippen LogP contribution in [-0.4, -0.2) is 47.1 Å². The SMILES string of the molecule is CSC1CCC(NC(=O)N(C)CC(C)c2nccs2)C1. The first-order valence-corrected chi connectivity index (χ1v) is 9.20. The van der Waals surface area contributed by atoms with Crippen LogP contribution >= 0.6 is 23.1 Å². The van der Waals surface area contributed by atoms with Crippen molar-refractivity contribution in [2.24, 2.45) is 0 Å². The number of hydrogen-bond acceptors (Lipinski definition) is 4. The molecule has 1 aromatic rings. The molecule has 3 atom stereocenters. The third-order valence-electron chi connectivity index (χ3n) is 3.81. The molecule has 3 unspecified atom stereocenters. The molecule has 0 radical (unpaired) electrons. The number of rotatable bonds is 5. The van der Waals surface area contributed by atoms with E-state index in [9.17, 15) is 4.79 Å². The maximum atomic E-state index is 12.2. The summed E-state index contributed by atoms with van der Waals surface area (Å²) < 4.78 is 0. The van der Waals surface area contributed by atoms with Crippen molar-refractivity contribution in [2.75, 3.05) is 19.8 Å². The van der Waals surface area contributed by atoms with Crippen molar-refractivity contribution in [3.05, 3.63) is 16.6 Å². The lowest BCUT2D eigenvalue weighted by atomic mass is 10.2. The van der Waals surface area contributed by atoms with Gasteiger partial charge in [0.05, 0.1) is 5.01 Å². The van der Waals surface area contributed by atoms with Gasteiger partial charge in [0, 0.05) is 42.4 Å². The molecule has 1 aromatic heterocycles. The Labute approximate surface area is 129 Å². The molecule has 0 aliphatic heterocycles.